The number of nitrogens with one attached hydrogen (secondary N) is 2. The zero-order chi connectivity index (χ0) is 20.9. The van der Waals surface area contributed by atoms with Crippen LogP contribution >= 0.6 is 0 Å². The van der Waals surface area contributed by atoms with Crippen molar-refractivity contribution in [2.75, 3.05) is 65.6 Å². The van der Waals surface area contributed by atoms with Crippen molar-refractivity contribution in [2.24, 2.45) is 10.9 Å². The van der Waals surface area contributed by atoms with Crippen molar-refractivity contribution in [3.8, 4) is 0 Å². The van der Waals surface area contributed by atoms with Gasteiger partial charge in [0.25, 0.3) is 0 Å². The number of rotatable bonds is 11. The van der Waals surface area contributed by atoms with Crippen LogP contribution in [0.1, 0.15) is 52.9 Å². The average molecular weight is 412 g/mol. The van der Waals surface area contributed by atoms with Gasteiger partial charge in [0, 0.05) is 45.3 Å². The molecule has 0 aromatic heterocycles. The monoisotopic (exact) mass is 411 g/mol. The fourth-order valence-corrected chi connectivity index (χ4v) is 4.48. The standard InChI is InChI=1S/C22H45N5O2/c1-4-19(5-2)21(27-14-16-29-17-15-27)18-25-22(23-6-3)24-10-7-11-26-12-8-20(28)9-13-26/h19-21,28H,4-18H2,1-3H3,(H2,23,24,25). The first-order valence-electron chi connectivity index (χ1n) is 11.9. The van der Waals surface area contributed by atoms with E-state index in [0.29, 0.717) is 12.0 Å². The van der Waals surface area contributed by atoms with Crippen LogP contribution < -0.4 is 10.6 Å². The fraction of sp³-hybridized carbons (Fsp3) is 0.955. The molecule has 2 aliphatic rings. The molecular weight excluding hydrogens is 366 g/mol. The van der Waals surface area contributed by atoms with E-state index in [0.717, 1.165) is 90.8 Å². The van der Waals surface area contributed by atoms with Crippen LogP contribution in [0.2, 0.25) is 0 Å². The van der Waals surface area contributed by atoms with Gasteiger partial charge in [-0.2, -0.15) is 0 Å². The number of piperidine rings is 1. The number of aliphatic imine (C=N–C) groups is 1. The minimum atomic E-state index is -0.0913. The van der Waals surface area contributed by atoms with Crippen LogP contribution in [0.5, 0.6) is 0 Å². The van der Waals surface area contributed by atoms with E-state index < -0.39 is 0 Å². The second-order valence-corrected chi connectivity index (χ2v) is 8.37. The van der Waals surface area contributed by atoms with Crippen molar-refractivity contribution >= 4 is 5.96 Å². The number of aliphatic hydroxyl groups excluding tert-OH is 1. The maximum Gasteiger partial charge on any atom is 0.191 e. The Morgan fingerprint density at radius 2 is 1.76 bits per heavy atom. The van der Waals surface area contributed by atoms with Gasteiger partial charge < -0.3 is 25.4 Å². The molecule has 2 fully saturated rings. The highest BCUT2D eigenvalue weighted by Gasteiger charge is 2.26. The third-order valence-corrected chi connectivity index (χ3v) is 6.39. The molecular formula is C22H45N5O2. The molecule has 0 aromatic carbocycles. The normalized spacial score (nSPS) is 21.5. The lowest BCUT2D eigenvalue weighted by Gasteiger charge is -2.38. The lowest BCUT2D eigenvalue weighted by atomic mass is 9.92. The summed E-state index contributed by atoms with van der Waals surface area (Å²) in [6.45, 7) is 16.2. The fourth-order valence-electron chi connectivity index (χ4n) is 4.48. The smallest absolute Gasteiger partial charge is 0.191 e. The molecule has 7 heteroatoms. The van der Waals surface area contributed by atoms with E-state index in [9.17, 15) is 5.11 Å². The molecule has 0 bridgehead atoms. The van der Waals surface area contributed by atoms with Crippen LogP contribution in [0.25, 0.3) is 0 Å². The molecule has 0 radical (unpaired) electrons. The predicted molar refractivity (Wildman–Crippen MR) is 121 cm³/mol. The molecule has 0 aliphatic carbocycles. The summed E-state index contributed by atoms with van der Waals surface area (Å²) < 4.78 is 5.56. The molecule has 0 amide bonds. The molecule has 2 heterocycles. The van der Waals surface area contributed by atoms with Gasteiger partial charge in [-0.3, -0.25) is 9.89 Å². The first-order chi connectivity index (χ1) is 14.2. The number of likely N-dealkylation sites (tertiary alicyclic amines) is 1. The first kappa shape index (κ1) is 24.4. The van der Waals surface area contributed by atoms with Crippen LogP contribution in [0.4, 0.5) is 0 Å². The SMILES string of the molecule is CCNC(=NCC(C(CC)CC)N1CCOCC1)NCCCN1CCC(O)CC1. The molecule has 0 spiro atoms. The third-order valence-electron chi connectivity index (χ3n) is 6.39. The molecule has 2 aliphatic heterocycles. The van der Waals surface area contributed by atoms with Crippen molar-refractivity contribution < 1.29 is 9.84 Å². The van der Waals surface area contributed by atoms with E-state index in [4.69, 9.17) is 9.73 Å². The molecule has 1 atom stereocenters. The van der Waals surface area contributed by atoms with Crippen LogP contribution in [0, 0.1) is 5.92 Å². The van der Waals surface area contributed by atoms with Crippen molar-refractivity contribution in [3.05, 3.63) is 0 Å². The summed E-state index contributed by atoms with van der Waals surface area (Å²) in [5.74, 6) is 1.61. The summed E-state index contributed by atoms with van der Waals surface area (Å²) in [5, 5.41) is 16.6. The highest BCUT2D eigenvalue weighted by atomic mass is 16.5. The van der Waals surface area contributed by atoms with Gasteiger partial charge in [0.1, 0.15) is 0 Å². The van der Waals surface area contributed by atoms with Gasteiger partial charge in [0.2, 0.25) is 0 Å². The number of aliphatic hydroxyl groups is 1. The molecule has 170 valence electrons. The Morgan fingerprint density at radius 3 is 2.38 bits per heavy atom. The molecule has 1 unspecified atom stereocenters. The van der Waals surface area contributed by atoms with Gasteiger partial charge in [-0.1, -0.05) is 26.7 Å². The maximum atomic E-state index is 9.63. The summed E-state index contributed by atoms with van der Waals surface area (Å²) in [6, 6.07) is 0.490. The van der Waals surface area contributed by atoms with Gasteiger partial charge >= 0.3 is 0 Å². The molecule has 3 N–H and O–H groups in total. The molecule has 0 aromatic rings. The van der Waals surface area contributed by atoms with Crippen molar-refractivity contribution in [1.82, 2.24) is 20.4 Å². The van der Waals surface area contributed by atoms with Crippen LogP contribution in [-0.4, -0.2) is 98.6 Å². The number of nitrogens with zero attached hydrogens (tertiary/aromatic N) is 3. The first-order valence-corrected chi connectivity index (χ1v) is 11.9. The lowest BCUT2D eigenvalue weighted by molar-refractivity contribution is 0.00395. The summed E-state index contributed by atoms with van der Waals surface area (Å²) >= 11 is 0. The summed E-state index contributed by atoms with van der Waals surface area (Å²) in [7, 11) is 0. The lowest BCUT2D eigenvalue weighted by Crippen LogP contribution is -2.49. The van der Waals surface area contributed by atoms with Gasteiger partial charge in [0.05, 0.1) is 25.9 Å². The van der Waals surface area contributed by atoms with E-state index >= 15 is 0 Å². The number of hydrogen-bond acceptors (Lipinski definition) is 5. The van der Waals surface area contributed by atoms with Crippen molar-refractivity contribution in [1.29, 1.82) is 0 Å². The maximum absolute atomic E-state index is 9.63. The van der Waals surface area contributed by atoms with E-state index in [-0.39, 0.29) is 6.10 Å². The zero-order valence-corrected chi connectivity index (χ0v) is 19.0. The Labute approximate surface area is 178 Å². The third kappa shape index (κ3) is 8.79. The number of guanidine groups is 1. The topological polar surface area (TPSA) is 72.4 Å². The Kier molecular flexibility index (Phi) is 11.9. The van der Waals surface area contributed by atoms with Gasteiger partial charge in [-0.05, 0) is 38.6 Å². The Morgan fingerprint density at radius 1 is 1.07 bits per heavy atom. The van der Waals surface area contributed by atoms with Crippen molar-refractivity contribution in [3.63, 3.8) is 0 Å². The summed E-state index contributed by atoms with van der Waals surface area (Å²) in [5.41, 5.74) is 0. The Balaban J connectivity index is 1.82. The van der Waals surface area contributed by atoms with Gasteiger partial charge in [-0.25, -0.2) is 0 Å². The Bertz CT molecular complexity index is 444. The van der Waals surface area contributed by atoms with Gasteiger partial charge in [0.15, 0.2) is 5.96 Å². The van der Waals surface area contributed by atoms with E-state index in [1.54, 1.807) is 0 Å². The quantitative estimate of drug-likeness (QED) is 0.272. The molecule has 0 saturated carbocycles. The van der Waals surface area contributed by atoms with Crippen LogP contribution in [0.15, 0.2) is 4.99 Å². The number of ether oxygens (including phenoxy) is 1. The Hall–Kier alpha value is -0.890. The van der Waals surface area contributed by atoms with Crippen LogP contribution in [0.3, 0.4) is 0 Å². The highest BCUT2D eigenvalue weighted by Crippen LogP contribution is 2.20. The van der Waals surface area contributed by atoms with E-state index in [1.807, 2.05) is 0 Å². The zero-order valence-electron chi connectivity index (χ0n) is 19.0. The average Bonchev–Trinajstić information content (AvgIpc) is 2.75. The highest BCUT2D eigenvalue weighted by molar-refractivity contribution is 5.79. The second-order valence-electron chi connectivity index (χ2n) is 8.37. The molecule has 2 rings (SSSR count). The number of hydrogen-bond donors (Lipinski definition) is 3. The largest absolute Gasteiger partial charge is 0.393 e. The molecule has 7 nitrogen and oxygen atoms in total. The van der Waals surface area contributed by atoms with Gasteiger partial charge in [-0.15, -0.1) is 0 Å². The van der Waals surface area contributed by atoms with E-state index in [1.165, 1.54) is 12.8 Å². The van der Waals surface area contributed by atoms with E-state index in [2.05, 4.69) is 41.2 Å². The summed E-state index contributed by atoms with van der Waals surface area (Å²) in [6.07, 6.45) is 5.23. The molecule has 2 saturated heterocycles. The molecule has 29 heavy (non-hydrogen) atoms. The minimum absolute atomic E-state index is 0.0913. The van der Waals surface area contributed by atoms with Crippen LogP contribution in [-0.2, 0) is 4.74 Å². The summed E-state index contributed by atoms with van der Waals surface area (Å²) in [4.78, 5) is 10.0. The predicted octanol–water partition coefficient (Wildman–Crippen LogP) is 1.53. The minimum Gasteiger partial charge on any atom is -0.393 e. The second kappa shape index (κ2) is 14.2. The van der Waals surface area contributed by atoms with Crippen molar-refractivity contribution in [2.45, 2.75) is 65.0 Å². The number of morpholine rings is 1.